The Morgan fingerprint density at radius 3 is 2.55 bits per heavy atom. The Bertz CT molecular complexity index is 464. The van der Waals surface area contributed by atoms with Crippen LogP contribution < -0.4 is 16.0 Å². The van der Waals surface area contributed by atoms with Gasteiger partial charge in [-0.05, 0) is 32.4 Å². The highest BCUT2D eigenvalue weighted by molar-refractivity contribution is 7.16. The van der Waals surface area contributed by atoms with Gasteiger partial charge >= 0.3 is 6.03 Å². The van der Waals surface area contributed by atoms with Crippen molar-refractivity contribution in [3.05, 3.63) is 21.3 Å². The smallest absolute Gasteiger partial charge is 0.315 e. The fraction of sp³-hybridized carbons (Fsp3) is 0.538. The van der Waals surface area contributed by atoms with Crippen LogP contribution in [0.25, 0.3) is 0 Å². The number of thiophene rings is 1. The minimum atomic E-state index is -0.573. The summed E-state index contributed by atoms with van der Waals surface area (Å²) in [7, 11) is 0. The zero-order valence-corrected chi connectivity index (χ0v) is 13.4. The molecule has 3 amide bonds. The minimum absolute atomic E-state index is 0.100. The molecule has 0 aliphatic heterocycles. The van der Waals surface area contributed by atoms with E-state index in [1.165, 1.54) is 11.3 Å². The number of amides is 3. The topological polar surface area (TPSA) is 70.2 Å². The highest BCUT2D eigenvalue weighted by atomic mass is 35.5. The average molecular weight is 318 g/mol. The first-order valence-corrected chi connectivity index (χ1v) is 7.70. The summed E-state index contributed by atoms with van der Waals surface area (Å²) in [6, 6.07) is 2.79. The predicted octanol–water partition coefficient (Wildman–Crippen LogP) is 2.50. The lowest BCUT2D eigenvalue weighted by Gasteiger charge is -2.17. The Labute approximate surface area is 128 Å². The van der Waals surface area contributed by atoms with E-state index in [1.54, 1.807) is 13.0 Å². The Kier molecular flexibility index (Phi) is 6.81. The van der Waals surface area contributed by atoms with E-state index in [-0.39, 0.29) is 18.0 Å². The van der Waals surface area contributed by atoms with Gasteiger partial charge in [-0.15, -0.1) is 11.3 Å². The van der Waals surface area contributed by atoms with Crippen LogP contribution in [-0.2, 0) is 11.3 Å². The summed E-state index contributed by atoms with van der Waals surface area (Å²) in [5.41, 5.74) is 0. The molecule has 20 heavy (non-hydrogen) atoms. The first-order chi connectivity index (χ1) is 9.42. The Hall–Kier alpha value is -1.27. The number of hydrogen-bond acceptors (Lipinski definition) is 3. The van der Waals surface area contributed by atoms with Crippen molar-refractivity contribution in [2.24, 2.45) is 0 Å². The van der Waals surface area contributed by atoms with Gasteiger partial charge < -0.3 is 16.0 Å². The fourth-order valence-corrected chi connectivity index (χ4v) is 2.42. The van der Waals surface area contributed by atoms with Gasteiger partial charge in [-0.3, -0.25) is 4.79 Å². The standard InChI is InChI=1S/C13H20ClN3O2S/c1-4-8(2)16-12(18)9(3)17-13(19)15-7-10-5-6-11(14)20-10/h5-6,8-9H,4,7H2,1-3H3,(H,16,18)(H2,15,17,19)/t8-,9-/m0/s1. The van der Waals surface area contributed by atoms with Gasteiger partial charge in [-0.2, -0.15) is 0 Å². The van der Waals surface area contributed by atoms with Gasteiger partial charge in [-0.1, -0.05) is 18.5 Å². The van der Waals surface area contributed by atoms with Crippen LogP contribution in [0.15, 0.2) is 12.1 Å². The van der Waals surface area contributed by atoms with E-state index in [2.05, 4.69) is 16.0 Å². The molecule has 1 rings (SSSR count). The minimum Gasteiger partial charge on any atom is -0.352 e. The molecule has 0 saturated carbocycles. The van der Waals surface area contributed by atoms with Crippen molar-refractivity contribution < 1.29 is 9.59 Å². The van der Waals surface area contributed by atoms with Crippen LogP contribution in [0.3, 0.4) is 0 Å². The molecule has 0 saturated heterocycles. The monoisotopic (exact) mass is 317 g/mol. The molecule has 2 atom stereocenters. The number of hydrogen-bond donors (Lipinski definition) is 3. The molecule has 1 aromatic heterocycles. The number of urea groups is 1. The number of halogens is 1. The maximum atomic E-state index is 11.8. The molecular formula is C13H20ClN3O2S. The third-order valence-electron chi connectivity index (χ3n) is 2.79. The molecular weight excluding hydrogens is 298 g/mol. The van der Waals surface area contributed by atoms with Crippen LogP contribution in [-0.4, -0.2) is 24.0 Å². The van der Waals surface area contributed by atoms with Crippen LogP contribution in [0.1, 0.15) is 32.1 Å². The lowest BCUT2D eigenvalue weighted by atomic mass is 10.2. The summed E-state index contributed by atoms with van der Waals surface area (Å²) in [5.74, 6) is -0.186. The van der Waals surface area contributed by atoms with Crippen LogP contribution in [0, 0.1) is 0 Å². The largest absolute Gasteiger partial charge is 0.352 e. The molecule has 112 valence electrons. The van der Waals surface area contributed by atoms with Gasteiger partial charge in [0.05, 0.1) is 10.9 Å². The summed E-state index contributed by atoms with van der Waals surface area (Å²) >= 11 is 7.21. The Morgan fingerprint density at radius 1 is 1.30 bits per heavy atom. The SMILES string of the molecule is CC[C@H](C)NC(=O)[C@H](C)NC(=O)NCc1ccc(Cl)s1. The lowest BCUT2D eigenvalue weighted by Crippen LogP contribution is -2.49. The quantitative estimate of drug-likeness (QED) is 0.754. The van der Waals surface area contributed by atoms with E-state index in [1.807, 2.05) is 19.9 Å². The first-order valence-electron chi connectivity index (χ1n) is 6.51. The average Bonchev–Trinajstić information content (AvgIpc) is 2.81. The van der Waals surface area contributed by atoms with Crippen molar-refractivity contribution in [3.8, 4) is 0 Å². The normalized spacial score (nSPS) is 13.4. The Balaban J connectivity index is 2.32. The molecule has 0 spiro atoms. The molecule has 0 aliphatic carbocycles. The van der Waals surface area contributed by atoms with Crippen molar-refractivity contribution in [2.75, 3.05) is 0 Å². The second-order valence-corrected chi connectivity index (χ2v) is 6.37. The van der Waals surface area contributed by atoms with Crippen LogP contribution >= 0.6 is 22.9 Å². The van der Waals surface area contributed by atoms with Crippen LogP contribution in [0.4, 0.5) is 4.79 Å². The summed E-state index contributed by atoms with van der Waals surface area (Å²) in [4.78, 5) is 24.4. The summed E-state index contributed by atoms with van der Waals surface area (Å²) in [5, 5.41) is 8.10. The highest BCUT2D eigenvalue weighted by Gasteiger charge is 2.16. The third kappa shape index (κ3) is 5.79. The zero-order valence-electron chi connectivity index (χ0n) is 11.8. The maximum absolute atomic E-state index is 11.8. The zero-order chi connectivity index (χ0) is 15.1. The third-order valence-corrected chi connectivity index (χ3v) is 4.03. The summed E-state index contributed by atoms with van der Waals surface area (Å²) in [6.45, 7) is 5.95. The van der Waals surface area contributed by atoms with Crippen molar-refractivity contribution in [1.82, 2.24) is 16.0 Å². The molecule has 0 aliphatic rings. The van der Waals surface area contributed by atoms with E-state index in [9.17, 15) is 9.59 Å². The van der Waals surface area contributed by atoms with Crippen molar-refractivity contribution in [1.29, 1.82) is 0 Å². The molecule has 0 unspecified atom stereocenters. The highest BCUT2D eigenvalue weighted by Crippen LogP contribution is 2.20. The number of nitrogens with one attached hydrogen (secondary N) is 3. The van der Waals surface area contributed by atoms with Gasteiger partial charge in [-0.25, -0.2) is 4.79 Å². The molecule has 0 radical (unpaired) electrons. The molecule has 7 heteroatoms. The number of carbonyl (C=O) groups excluding carboxylic acids is 2. The second-order valence-electron chi connectivity index (χ2n) is 4.57. The van der Waals surface area contributed by atoms with Gasteiger partial charge in [0.15, 0.2) is 0 Å². The Morgan fingerprint density at radius 2 is 2.00 bits per heavy atom. The van der Waals surface area contributed by atoms with E-state index in [0.717, 1.165) is 11.3 Å². The second kappa shape index (κ2) is 8.11. The molecule has 1 aromatic rings. The molecule has 0 bridgehead atoms. The van der Waals surface area contributed by atoms with E-state index in [4.69, 9.17) is 11.6 Å². The van der Waals surface area contributed by atoms with E-state index in [0.29, 0.717) is 10.9 Å². The number of rotatable bonds is 6. The van der Waals surface area contributed by atoms with E-state index < -0.39 is 6.04 Å². The fourth-order valence-electron chi connectivity index (χ4n) is 1.40. The van der Waals surface area contributed by atoms with Gasteiger partial charge in [0.25, 0.3) is 0 Å². The van der Waals surface area contributed by atoms with Crippen molar-refractivity contribution >= 4 is 34.9 Å². The van der Waals surface area contributed by atoms with Crippen molar-refractivity contribution in [2.45, 2.75) is 45.8 Å². The van der Waals surface area contributed by atoms with Gasteiger partial charge in [0.1, 0.15) is 6.04 Å². The number of carbonyl (C=O) groups is 2. The molecule has 0 fully saturated rings. The lowest BCUT2D eigenvalue weighted by molar-refractivity contribution is -0.123. The first kappa shape index (κ1) is 16.8. The summed E-state index contributed by atoms with van der Waals surface area (Å²) < 4.78 is 0.684. The van der Waals surface area contributed by atoms with Gasteiger partial charge in [0.2, 0.25) is 5.91 Å². The molecule has 5 nitrogen and oxygen atoms in total. The molecule has 1 heterocycles. The van der Waals surface area contributed by atoms with Crippen LogP contribution in [0.2, 0.25) is 4.34 Å². The van der Waals surface area contributed by atoms with Gasteiger partial charge in [0, 0.05) is 10.9 Å². The summed E-state index contributed by atoms with van der Waals surface area (Å²) in [6.07, 6.45) is 0.851. The van der Waals surface area contributed by atoms with E-state index >= 15 is 0 Å². The molecule has 3 N–H and O–H groups in total. The van der Waals surface area contributed by atoms with Crippen molar-refractivity contribution in [3.63, 3.8) is 0 Å². The maximum Gasteiger partial charge on any atom is 0.315 e. The molecule has 0 aromatic carbocycles. The predicted molar refractivity (Wildman–Crippen MR) is 82.1 cm³/mol. The van der Waals surface area contributed by atoms with Crippen LogP contribution in [0.5, 0.6) is 0 Å².